The molecule has 0 heterocycles. The van der Waals surface area contributed by atoms with Gasteiger partial charge < -0.3 is 9.84 Å². The highest BCUT2D eigenvalue weighted by Crippen LogP contribution is 2.37. The number of halogens is 1. The minimum atomic E-state index is -0.843. The molecule has 4 heteroatoms. The van der Waals surface area contributed by atoms with Crippen LogP contribution in [0.1, 0.15) is 40.9 Å². The Bertz CT molecular complexity index is 933. The summed E-state index contributed by atoms with van der Waals surface area (Å²) in [5.74, 6) is 0.195. The summed E-state index contributed by atoms with van der Waals surface area (Å²) in [4.78, 5) is 12.2. The Kier molecular flexibility index (Phi) is 5.64. The molecular weight excluding hydrogens is 360 g/mol. The van der Waals surface area contributed by atoms with Crippen LogP contribution in [0.5, 0.6) is 5.75 Å². The van der Waals surface area contributed by atoms with Crippen molar-refractivity contribution in [1.82, 2.24) is 0 Å². The molecule has 138 valence electrons. The molecule has 0 aliphatic rings. The SMILES string of the molecule is CC(=O)c1ccccc1C(C)(OCc1ccc(O)cc1)c1ccc(Cl)cc1. The molecule has 0 bridgehead atoms. The third-order valence-corrected chi connectivity index (χ3v) is 4.93. The van der Waals surface area contributed by atoms with Crippen molar-refractivity contribution in [2.75, 3.05) is 0 Å². The summed E-state index contributed by atoms with van der Waals surface area (Å²) in [6.07, 6.45) is 0. The maximum absolute atomic E-state index is 12.2. The predicted octanol–water partition coefficient (Wildman–Crippen LogP) is 5.73. The lowest BCUT2D eigenvalue weighted by molar-refractivity contribution is -0.0169. The summed E-state index contributed by atoms with van der Waals surface area (Å²) in [7, 11) is 0. The van der Waals surface area contributed by atoms with Crippen molar-refractivity contribution in [1.29, 1.82) is 0 Å². The van der Waals surface area contributed by atoms with Crippen molar-refractivity contribution in [2.45, 2.75) is 26.1 Å². The van der Waals surface area contributed by atoms with Crippen LogP contribution in [0, 0.1) is 0 Å². The molecule has 1 unspecified atom stereocenters. The first-order chi connectivity index (χ1) is 12.9. The largest absolute Gasteiger partial charge is 0.508 e. The average Bonchev–Trinajstić information content (AvgIpc) is 2.68. The Morgan fingerprint density at radius 3 is 2.26 bits per heavy atom. The van der Waals surface area contributed by atoms with Gasteiger partial charge >= 0.3 is 0 Å². The lowest BCUT2D eigenvalue weighted by atomic mass is 9.84. The van der Waals surface area contributed by atoms with E-state index in [0.29, 0.717) is 17.2 Å². The molecule has 0 amide bonds. The van der Waals surface area contributed by atoms with Crippen molar-refractivity contribution >= 4 is 17.4 Å². The average molecular weight is 381 g/mol. The first kappa shape index (κ1) is 19.2. The second-order valence-corrected chi connectivity index (χ2v) is 7.03. The van der Waals surface area contributed by atoms with E-state index in [1.165, 1.54) is 0 Å². The number of carbonyl (C=O) groups is 1. The number of Topliss-reactive ketones (excluding diaryl/α,β-unsaturated/α-hetero) is 1. The maximum atomic E-state index is 12.2. The van der Waals surface area contributed by atoms with Gasteiger partial charge in [0.2, 0.25) is 0 Å². The Morgan fingerprint density at radius 1 is 1.00 bits per heavy atom. The molecule has 0 fully saturated rings. The number of hydrogen-bond acceptors (Lipinski definition) is 3. The molecule has 0 spiro atoms. The van der Waals surface area contributed by atoms with Gasteiger partial charge in [0.05, 0.1) is 6.61 Å². The van der Waals surface area contributed by atoms with Crippen LogP contribution in [0.4, 0.5) is 0 Å². The van der Waals surface area contributed by atoms with Gasteiger partial charge in [-0.15, -0.1) is 0 Å². The van der Waals surface area contributed by atoms with Crippen LogP contribution in [-0.2, 0) is 16.9 Å². The van der Waals surface area contributed by atoms with Crippen LogP contribution >= 0.6 is 11.6 Å². The van der Waals surface area contributed by atoms with E-state index in [-0.39, 0.29) is 11.5 Å². The van der Waals surface area contributed by atoms with Crippen LogP contribution in [0.25, 0.3) is 0 Å². The minimum absolute atomic E-state index is 0.0148. The number of benzene rings is 3. The van der Waals surface area contributed by atoms with E-state index in [1.807, 2.05) is 67.6 Å². The molecule has 3 aromatic rings. The number of ether oxygens (including phenoxy) is 1. The number of ketones is 1. The molecule has 0 saturated heterocycles. The minimum Gasteiger partial charge on any atom is -0.508 e. The van der Waals surface area contributed by atoms with Gasteiger partial charge in [-0.2, -0.15) is 0 Å². The van der Waals surface area contributed by atoms with Crippen molar-refractivity contribution in [3.05, 3.63) is 100 Å². The lowest BCUT2D eigenvalue weighted by Gasteiger charge is -2.33. The van der Waals surface area contributed by atoms with E-state index in [9.17, 15) is 9.90 Å². The zero-order valence-electron chi connectivity index (χ0n) is 15.3. The smallest absolute Gasteiger partial charge is 0.160 e. The lowest BCUT2D eigenvalue weighted by Crippen LogP contribution is -2.29. The molecule has 1 atom stereocenters. The van der Waals surface area contributed by atoms with Crippen molar-refractivity contribution in [3.63, 3.8) is 0 Å². The van der Waals surface area contributed by atoms with Crippen LogP contribution in [0.2, 0.25) is 5.02 Å². The third-order valence-electron chi connectivity index (χ3n) is 4.68. The molecule has 0 aromatic heterocycles. The summed E-state index contributed by atoms with van der Waals surface area (Å²) < 4.78 is 6.38. The highest BCUT2D eigenvalue weighted by molar-refractivity contribution is 6.30. The maximum Gasteiger partial charge on any atom is 0.160 e. The standard InChI is InChI=1S/C23H21ClO3/c1-16(25)21-5-3-4-6-22(21)23(2,18-9-11-19(24)12-10-18)27-15-17-7-13-20(26)14-8-17/h3-14,26H,15H2,1-2H3. The number of aromatic hydroxyl groups is 1. The number of hydrogen-bond donors (Lipinski definition) is 1. The van der Waals surface area contributed by atoms with Gasteiger partial charge in [-0.1, -0.05) is 60.1 Å². The number of phenolic OH excluding ortho intramolecular Hbond substituents is 1. The molecule has 1 N–H and O–H groups in total. The molecule has 0 aliphatic carbocycles. The van der Waals surface area contributed by atoms with Crippen LogP contribution in [-0.4, -0.2) is 10.9 Å². The van der Waals surface area contributed by atoms with Crippen LogP contribution < -0.4 is 0 Å². The molecule has 3 rings (SSSR count). The number of phenols is 1. The number of rotatable bonds is 6. The second kappa shape index (κ2) is 7.95. The summed E-state index contributed by atoms with van der Waals surface area (Å²) in [6, 6.07) is 21.8. The van der Waals surface area contributed by atoms with Crippen molar-refractivity contribution in [2.24, 2.45) is 0 Å². The monoisotopic (exact) mass is 380 g/mol. The predicted molar refractivity (Wildman–Crippen MR) is 107 cm³/mol. The fourth-order valence-electron chi connectivity index (χ4n) is 3.11. The molecule has 3 aromatic carbocycles. The Morgan fingerprint density at radius 2 is 1.63 bits per heavy atom. The Labute approximate surface area is 164 Å². The Balaban J connectivity index is 2.05. The van der Waals surface area contributed by atoms with E-state index >= 15 is 0 Å². The molecular formula is C23H21ClO3. The summed E-state index contributed by atoms with van der Waals surface area (Å²) in [5, 5.41) is 10.1. The van der Waals surface area contributed by atoms with Crippen molar-refractivity contribution < 1.29 is 14.6 Å². The zero-order chi connectivity index (χ0) is 19.4. The fraction of sp³-hybridized carbons (Fsp3) is 0.174. The summed E-state index contributed by atoms with van der Waals surface area (Å²) >= 11 is 6.06. The highest BCUT2D eigenvalue weighted by atomic mass is 35.5. The molecule has 0 radical (unpaired) electrons. The third kappa shape index (κ3) is 4.21. The van der Waals surface area contributed by atoms with Gasteiger partial charge in [0.15, 0.2) is 5.78 Å². The molecule has 0 saturated carbocycles. The summed E-state index contributed by atoms with van der Waals surface area (Å²) in [5.41, 5.74) is 2.41. The van der Waals surface area contributed by atoms with E-state index in [1.54, 1.807) is 19.1 Å². The Hall–Kier alpha value is -2.62. The van der Waals surface area contributed by atoms with E-state index < -0.39 is 5.60 Å². The van der Waals surface area contributed by atoms with E-state index in [4.69, 9.17) is 16.3 Å². The van der Waals surface area contributed by atoms with E-state index in [2.05, 4.69) is 0 Å². The van der Waals surface area contributed by atoms with Gasteiger partial charge in [0, 0.05) is 10.6 Å². The van der Waals surface area contributed by atoms with Gasteiger partial charge in [-0.25, -0.2) is 0 Å². The van der Waals surface area contributed by atoms with E-state index in [0.717, 1.165) is 16.7 Å². The molecule has 27 heavy (non-hydrogen) atoms. The number of carbonyl (C=O) groups excluding carboxylic acids is 1. The molecule has 0 aliphatic heterocycles. The van der Waals surface area contributed by atoms with Gasteiger partial charge in [-0.05, 0) is 54.8 Å². The van der Waals surface area contributed by atoms with Crippen molar-refractivity contribution in [3.8, 4) is 5.75 Å². The first-order valence-electron chi connectivity index (χ1n) is 8.68. The normalized spacial score (nSPS) is 13.1. The fourth-order valence-corrected chi connectivity index (χ4v) is 3.24. The first-order valence-corrected chi connectivity index (χ1v) is 9.06. The molecule has 3 nitrogen and oxygen atoms in total. The van der Waals surface area contributed by atoms with Crippen LogP contribution in [0.3, 0.4) is 0 Å². The van der Waals surface area contributed by atoms with Crippen LogP contribution in [0.15, 0.2) is 72.8 Å². The topological polar surface area (TPSA) is 46.5 Å². The highest BCUT2D eigenvalue weighted by Gasteiger charge is 2.33. The van der Waals surface area contributed by atoms with Gasteiger partial charge in [0.25, 0.3) is 0 Å². The zero-order valence-corrected chi connectivity index (χ0v) is 16.0. The van der Waals surface area contributed by atoms with Gasteiger partial charge in [0.1, 0.15) is 11.4 Å². The van der Waals surface area contributed by atoms with Gasteiger partial charge in [-0.3, -0.25) is 4.79 Å². The quantitative estimate of drug-likeness (QED) is 0.555. The second-order valence-electron chi connectivity index (χ2n) is 6.60. The summed E-state index contributed by atoms with van der Waals surface area (Å²) in [6.45, 7) is 3.84.